The van der Waals surface area contributed by atoms with Crippen LogP contribution in [0.5, 0.6) is 5.75 Å². The Morgan fingerprint density at radius 1 is 1.35 bits per heavy atom. The molecule has 0 amide bonds. The minimum absolute atomic E-state index is 0.0710. The maximum Gasteiger partial charge on any atom is 0.168 e. The summed E-state index contributed by atoms with van der Waals surface area (Å²) in [6.45, 7) is 1.84. The summed E-state index contributed by atoms with van der Waals surface area (Å²) in [5.74, 6) is 0.645. The van der Waals surface area contributed by atoms with Gasteiger partial charge in [-0.25, -0.2) is 14.4 Å². The number of nitrogens with one attached hydrogen (secondary N) is 1. The molecule has 1 atom stereocenters. The molecule has 5 heteroatoms. The van der Waals surface area contributed by atoms with Gasteiger partial charge in [0.15, 0.2) is 11.6 Å². The van der Waals surface area contributed by atoms with Crippen molar-refractivity contribution in [1.29, 1.82) is 0 Å². The van der Waals surface area contributed by atoms with E-state index in [1.54, 1.807) is 24.4 Å². The van der Waals surface area contributed by atoms with Crippen molar-refractivity contribution >= 4 is 0 Å². The van der Waals surface area contributed by atoms with Crippen LogP contribution in [0.25, 0.3) is 0 Å². The monoisotopic (exact) mass is 275 g/mol. The first-order chi connectivity index (χ1) is 9.65. The summed E-state index contributed by atoms with van der Waals surface area (Å²) in [5, 5.41) is 3.16. The van der Waals surface area contributed by atoms with Crippen molar-refractivity contribution in [1.82, 2.24) is 15.3 Å². The molecule has 1 aromatic heterocycles. The number of hydrogen-bond acceptors (Lipinski definition) is 4. The maximum atomic E-state index is 14.2. The van der Waals surface area contributed by atoms with E-state index < -0.39 is 0 Å². The summed E-state index contributed by atoms with van der Waals surface area (Å²) in [5.41, 5.74) is 1.45. The highest BCUT2D eigenvalue weighted by molar-refractivity contribution is 5.32. The Hall–Kier alpha value is -2.01. The normalized spacial score (nSPS) is 12.2. The summed E-state index contributed by atoms with van der Waals surface area (Å²) >= 11 is 0. The van der Waals surface area contributed by atoms with Crippen molar-refractivity contribution in [3.63, 3.8) is 0 Å². The summed E-state index contributed by atoms with van der Waals surface area (Å²) in [6.07, 6.45) is 2.21. The number of halogens is 1. The number of aromatic nitrogens is 2. The van der Waals surface area contributed by atoms with Gasteiger partial charge >= 0.3 is 0 Å². The van der Waals surface area contributed by atoms with Crippen LogP contribution in [0.2, 0.25) is 0 Å². The number of hydrogen-bond donors (Lipinski definition) is 1. The van der Waals surface area contributed by atoms with Gasteiger partial charge in [0.1, 0.15) is 5.82 Å². The van der Waals surface area contributed by atoms with Gasteiger partial charge in [-0.05, 0) is 38.1 Å². The molecule has 20 heavy (non-hydrogen) atoms. The number of rotatable bonds is 5. The molecule has 0 radical (unpaired) electrons. The highest BCUT2D eigenvalue weighted by atomic mass is 19.1. The second-order valence-corrected chi connectivity index (χ2v) is 4.51. The van der Waals surface area contributed by atoms with Crippen molar-refractivity contribution in [2.45, 2.75) is 19.4 Å². The average molecular weight is 275 g/mol. The molecule has 0 aliphatic carbocycles. The van der Waals surface area contributed by atoms with Gasteiger partial charge in [-0.3, -0.25) is 0 Å². The zero-order chi connectivity index (χ0) is 14.5. The van der Waals surface area contributed by atoms with Crippen molar-refractivity contribution < 1.29 is 9.13 Å². The van der Waals surface area contributed by atoms with Crippen molar-refractivity contribution in [3.8, 4) is 5.75 Å². The Balaban J connectivity index is 2.27. The lowest BCUT2D eigenvalue weighted by Crippen LogP contribution is -2.21. The highest BCUT2D eigenvalue weighted by Crippen LogP contribution is 2.24. The van der Waals surface area contributed by atoms with Gasteiger partial charge in [0.25, 0.3) is 0 Å². The summed E-state index contributed by atoms with van der Waals surface area (Å²) in [7, 11) is 3.30. The molecule has 2 rings (SSSR count). The fourth-order valence-electron chi connectivity index (χ4n) is 2.11. The number of nitrogens with zero attached hydrogens (tertiary/aromatic N) is 2. The molecule has 106 valence electrons. The molecule has 0 aliphatic rings. The van der Waals surface area contributed by atoms with E-state index in [1.807, 2.05) is 20.0 Å². The topological polar surface area (TPSA) is 47.0 Å². The van der Waals surface area contributed by atoms with Crippen LogP contribution >= 0.6 is 0 Å². The van der Waals surface area contributed by atoms with Crippen LogP contribution in [0.15, 0.2) is 30.5 Å². The van der Waals surface area contributed by atoms with Gasteiger partial charge < -0.3 is 10.1 Å². The molecule has 0 fully saturated rings. The molecule has 1 heterocycles. The van der Waals surface area contributed by atoms with Gasteiger partial charge in [-0.15, -0.1) is 0 Å². The number of benzene rings is 1. The Bertz CT molecular complexity index is 589. The van der Waals surface area contributed by atoms with Gasteiger partial charge in [0.05, 0.1) is 18.8 Å². The van der Waals surface area contributed by atoms with E-state index in [9.17, 15) is 4.39 Å². The third-order valence-corrected chi connectivity index (χ3v) is 3.19. The Morgan fingerprint density at radius 2 is 2.15 bits per heavy atom. The van der Waals surface area contributed by atoms with Crippen molar-refractivity contribution in [2.75, 3.05) is 14.2 Å². The van der Waals surface area contributed by atoms with Crippen LogP contribution in [0.1, 0.15) is 23.1 Å². The first-order valence-electron chi connectivity index (χ1n) is 6.44. The highest BCUT2D eigenvalue weighted by Gasteiger charge is 2.16. The van der Waals surface area contributed by atoms with E-state index in [4.69, 9.17) is 4.74 Å². The Labute approximate surface area is 118 Å². The average Bonchev–Trinajstić information content (AvgIpc) is 2.46. The van der Waals surface area contributed by atoms with E-state index in [1.165, 1.54) is 7.11 Å². The molecule has 0 saturated heterocycles. The van der Waals surface area contributed by atoms with Crippen molar-refractivity contribution in [3.05, 3.63) is 53.4 Å². The zero-order valence-electron chi connectivity index (χ0n) is 11.9. The molecule has 1 N–H and O–H groups in total. The maximum absolute atomic E-state index is 14.2. The van der Waals surface area contributed by atoms with Crippen LogP contribution in [-0.2, 0) is 6.42 Å². The predicted octanol–water partition coefficient (Wildman–Crippen LogP) is 2.44. The zero-order valence-corrected chi connectivity index (χ0v) is 11.9. The molecular formula is C15H18FN3O. The third kappa shape index (κ3) is 3.11. The van der Waals surface area contributed by atoms with Crippen LogP contribution in [0, 0.1) is 12.7 Å². The second-order valence-electron chi connectivity index (χ2n) is 4.51. The molecule has 2 aromatic rings. The van der Waals surface area contributed by atoms with E-state index >= 15 is 0 Å². The second kappa shape index (κ2) is 6.43. The molecule has 4 nitrogen and oxygen atoms in total. The lowest BCUT2D eigenvalue weighted by molar-refractivity contribution is 0.382. The Kier molecular flexibility index (Phi) is 4.63. The van der Waals surface area contributed by atoms with E-state index in [0.29, 0.717) is 17.8 Å². The van der Waals surface area contributed by atoms with Crippen molar-refractivity contribution in [2.24, 2.45) is 0 Å². The van der Waals surface area contributed by atoms with Crippen LogP contribution in [0.3, 0.4) is 0 Å². The molecule has 1 aromatic carbocycles. The molecule has 1 unspecified atom stereocenters. The van der Waals surface area contributed by atoms with Gasteiger partial charge in [0, 0.05) is 6.20 Å². The summed E-state index contributed by atoms with van der Waals surface area (Å²) in [4.78, 5) is 8.46. The van der Waals surface area contributed by atoms with E-state index in [2.05, 4.69) is 15.3 Å². The lowest BCUT2D eigenvalue weighted by Gasteiger charge is -2.17. The molecule has 0 saturated carbocycles. The van der Waals surface area contributed by atoms with Crippen LogP contribution in [0.4, 0.5) is 4.39 Å². The number of aryl methyl sites for hydroxylation is 1. The van der Waals surface area contributed by atoms with E-state index in [0.717, 1.165) is 5.69 Å². The molecule has 0 spiro atoms. The van der Waals surface area contributed by atoms with Crippen LogP contribution in [-0.4, -0.2) is 24.1 Å². The number of ether oxygens (including phenoxy) is 1. The molecule has 0 aliphatic heterocycles. The smallest absolute Gasteiger partial charge is 0.168 e. The minimum atomic E-state index is -0.318. The first kappa shape index (κ1) is 14.4. The fraction of sp³-hybridized carbons (Fsp3) is 0.333. The molecule has 0 bridgehead atoms. The van der Waals surface area contributed by atoms with Crippen LogP contribution < -0.4 is 10.1 Å². The van der Waals surface area contributed by atoms with Gasteiger partial charge in [-0.1, -0.05) is 12.1 Å². The SMILES string of the molecule is CNC(Cc1cccc(OC)c1F)c1ccnc(C)n1. The third-order valence-electron chi connectivity index (χ3n) is 3.19. The van der Waals surface area contributed by atoms with Gasteiger partial charge in [-0.2, -0.15) is 0 Å². The lowest BCUT2D eigenvalue weighted by atomic mass is 10.0. The van der Waals surface area contributed by atoms with Gasteiger partial charge in [0.2, 0.25) is 0 Å². The summed E-state index contributed by atoms with van der Waals surface area (Å²) < 4.78 is 19.2. The minimum Gasteiger partial charge on any atom is -0.494 e. The first-order valence-corrected chi connectivity index (χ1v) is 6.44. The standard InChI is InChI=1S/C15H18FN3O/c1-10-18-8-7-12(19-10)13(17-2)9-11-5-4-6-14(20-3)15(11)16/h4-8,13,17H,9H2,1-3H3. The quantitative estimate of drug-likeness (QED) is 0.910. The predicted molar refractivity (Wildman–Crippen MR) is 75.2 cm³/mol. The Morgan fingerprint density at radius 3 is 2.80 bits per heavy atom. The van der Waals surface area contributed by atoms with E-state index in [-0.39, 0.29) is 17.6 Å². The molecular weight excluding hydrogens is 257 g/mol. The number of methoxy groups -OCH3 is 1. The fourth-order valence-corrected chi connectivity index (χ4v) is 2.11. The summed E-state index contributed by atoms with van der Waals surface area (Å²) in [6, 6.07) is 6.93. The number of likely N-dealkylation sites (N-methyl/N-ethyl adjacent to an activating group) is 1. The largest absolute Gasteiger partial charge is 0.494 e.